The van der Waals surface area contributed by atoms with E-state index in [-0.39, 0.29) is 12.5 Å². The Morgan fingerprint density at radius 3 is 2.93 bits per heavy atom. The number of amides is 2. The van der Waals surface area contributed by atoms with Crippen molar-refractivity contribution >= 4 is 18.1 Å². The quantitative estimate of drug-likeness (QED) is 0.751. The van der Waals surface area contributed by atoms with Gasteiger partial charge in [0.05, 0.1) is 31.0 Å². The summed E-state index contributed by atoms with van der Waals surface area (Å²) in [5.41, 5.74) is 1.89. The van der Waals surface area contributed by atoms with Crippen molar-refractivity contribution in [3.05, 3.63) is 47.7 Å². The van der Waals surface area contributed by atoms with Crippen molar-refractivity contribution in [2.45, 2.75) is 18.9 Å². The standard InChI is InChI=1S/C21H20N4O4/c1-29-19-5-4-14(9-16(19)13-26)18-10-15(6-7-23-18)21(28)24-12-20(27)25-8-2-3-17(25)11-22/h4-7,9-10,13,17H,2-3,8,12H2,1H3,(H,24,28)/t17-/m0/s1. The fourth-order valence-corrected chi connectivity index (χ4v) is 3.27. The normalized spacial score (nSPS) is 15.4. The summed E-state index contributed by atoms with van der Waals surface area (Å²) in [7, 11) is 1.48. The van der Waals surface area contributed by atoms with Gasteiger partial charge in [0.25, 0.3) is 5.91 Å². The second kappa shape index (κ2) is 8.97. The number of rotatable bonds is 6. The predicted molar refractivity (Wildman–Crippen MR) is 104 cm³/mol. The molecule has 1 atom stereocenters. The van der Waals surface area contributed by atoms with Crippen LogP contribution in [0.25, 0.3) is 11.3 Å². The average Bonchev–Trinajstić information content (AvgIpc) is 3.25. The molecule has 3 rings (SSSR count). The van der Waals surface area contributed by atoms with E-state index >= 15 is 0 Å². The lowest BCUT2D eigenvalue weighted by Crippen LogP contribution is -2.42. The third-order valence-electron chi connectivity index (χ3n) is 4.80. The first-order valence-corrected chi connectivity index (χ1v) is 9.14. The van der Waals surface area contributed by atoms with Gasteiger partial charge in [-0.25, -0.2) is 0 Å². The molecule has 2 amide bonds. The van der Waals surface area contributed by atoms with Crippen LogP contribution >= 0.6 is 0 Å². The molecule has 1 aliphatic heterocycles. The van der Waals surface area contributed by atoms with Gasteiger partial charge < -0.3 is 15.0 Å². The molecule has 1 N–H and O–H groups in total. The summed E-state index contributed by atoms with van der Waals surface area (Å²) in [5, 5.41) is 11.7. The highest BCUT2D eigenvalue weighted by Crippen LogP contribution is 2.25. The zero-order chi connectivity index (χ0) is 20.8. The van der Waals surface area contributed by atoms with E-state index < -0.39 is 11.9 Å². The SMILES string of the molecule is COc1ccc(-c2cc(C(=O)NCC(=O)N3CCC[C@H]3C#N)ccn2)cc1C=O. The molecule has 29 heavy (non-hydrogen) atoms. The van der Waals surface area contributed by atoms with E-state index in [4.69, 9.17) is 10.00 Å². The van der Waals surface area contributed by atoms with Crippen molar-refractivity contribution in [1.29, 1.82) is 5.26 Å². The number of likely N-dealkylation sites (tertiary alicyclic amines) is 1. The van der Waals surface area contributed by atoms with Gasteiger partial charge in [0.1, 0.15) is 11.8 Å². The molecular weight excluding hydrogens is 372 g/mol. The first-order chi connectivity index (χ1) is 14.1. The summed E-state index contributed by atoms with van der Waals surface area (Å²) in [5.74, 6) is -0.241. The molecule has 1 fully saturated rings. The zero-order valence-corrected chi connectivity index (χ0v) is 15.9. The van der Waals surface area contributed by atoms with E-state index in [1.54, 1.807) is 30.3 Å². The molecular formula is C21H20N4O4. The third kappa shape index (κ3) is 4.41. The van der Waals surface area contributed by atoms with Crippen LogP contribution in [0.4, 0.5) is 0 Å². The summed E-state index contributed by atoms with van der Waals surface area (Å²) >= 11 is 0. The van der Waals surface area contributed by atoms with Gasteiger partial charge in [0.2, 0.25) is 5.91 Å². The smallest absolute Gasteiger partial charge is 0.251 e. The minimum atomic E-state index is -0.422. The number of nitrogens with zero attached hydrogens (tertiary/aromatic N) is 3. The van der Waals surface area contributed by atoms with Crippen molar-refractivity contribution < 1.29 is 19.1 Å². The highest BCUT2D eigenvalue weighted by atomic mass is 16.5. The monoisotopic (exact) mass is 392 g/mol. The summed E-state index contributed by atoms with van der Waals surface area (Å²) < 4.78 is 5.13. The van der Waals surface area contributed by atoms with Gasteiger partial charge in [0.15, 0.2) is 6.29 Å². The minimum absolute atomic E-state index is 0.174. The van der Waals surface area contributed by atoms with Gasteiger partial charge >= 0.3 is 0 Å². The molecule has 0 unspecified atom stereocenters. The second-order valence-corrected chi connectivity index (χ2v) is 6.56. The Labute approximate surface area is 168 Å². The van der Waals surface area contributed by atoms with Crippen LogP contribution in [0, 0.1) is 11.3 Å². The molecule has 1 aromatic heterocycles. The van der Waals surface area contributed by atoms with E-state index in [2.05, 4.69) is 16.4 Å². The molecule has 0 radical (unpaired) electrons. The summed E-state index contributed by atoms with van der Waals surface area (Å²) in [6, 6.07) is 9.86. The van der Waals surface area contributed by atoms with Crippen molar-refractivity contribution in [3.63, 3.8) is 0 Å². The Hall–Kier alpha value is -3.73. The Bertz CT molecular complexity index is 983. The van der Waals surface area contributed by atoms with Crippen molar-refractivity contribution in [3.8, 4) is 23.1 Å². The molecule has 148 valence electrons. The number of pyridine rings is 1. The van der Waals surface area contributed by atoms with Crippen LogP contribution in [0.3, 0.4) is 0 Å². The molecule has 0 spiro atoms. The molecule has 0 saturated carbocycles. The molecule has 1 aliphatic rings. The maximum Gasteiger partial charge on any atom is 0.251 e. The maximum absolute atomic E-state index is 12.5. The number of benzene rings is 1. The maximum atomic E-state index is 12.5. The van der Waals surface area contributed by atoms with Gasteiger partial charge in [-0.05, 0) is 43.2 Å². The Morgan fingerprint density at radius 2 is 2.21 bits per heavy atom. The highest BCUT2D eigenvalue weighted by molar-refractivity contribution is 5.97. The van der Waals surface area contributed by atoms with Crippen LogP contribution in [-0.4, -0.2) is 54.2 Å². The summed E-state index contributed by atoms with van der Waals surface area (Å²) in [6.45, 7) is 0.357. The van der Waals surface area contributed by atoms with Crippen LogP contribution in [0.5, 0.6) is 5.75 Å². The van der Waals surface area contributed by atoms with E-state index in [0.29, 0.717) is 47.4 Å². The van der Waals surface area contributed by atoms with Crippen molar-refractivity contribution in [1.82, 2.24) is 15.2 Å². The molecule has 2 aromatic rings. The fourth-order valence-electron chi connectivity index (χ4n) is 3.27. The van der Waals surface area contributed by atoms with Crippen LogP contribution in [-0.2, 0) is 4.79 Å². The molecule has 1 aromatic carbocycles. The number of nitriles is 1. The van der Waals surface area contributed by atoms with E-state index in [0.717, 1.165) is 6.42 Å². The molecule has 0 aliphatic carbocycles. The van der Waals surface area contributed by atoms with Gasteiger partial charge in [-0.15, -0.1) is 0 Å². The number of methoxy groups -OCH3 is 1. The lowest BCUT2D eigenvalue weighted by Gasteiger charge is -2.19. The number of carbonyl (C=O) groups excluding carboxylic acids is 3. The average molecular weight is 392 g/mol. The van der Waals surface area contributed by atoms with Gasteiger partial charge in [-0.1, -0.05) is 0 Å². The molecule has 2 heterocycles. The molecule has 1 saturated heterocycles. The lowest BCUT2D eigenvalue weighted by atomic mass is 10.1. The predicted octanol–water partition coefficient (Wildman–Crippen LogP) is 1.81. The van der Waals surface area contributed by atoms with Crippen molar-refractivity contribution in [2.24, 2.45) is 0 Å². The number of aldehydes is 1. The first kappa shape index (κ1) is 20.0. The van der Waals surface area contributed by atoms with Crippen LogP contribution in [0.2, 0.25) is 0 Å². The van der Waals surface area contributed by atoms with Crippen LogP contribution in [0.1, 0.15) is 33.6 Å². The molecule has 8 heteroatoms. The fraction of sp³-hybridized carbons (Fsp3) is 0.286. The third-order valence-corrected chi connectivity index (χ3v) is 4.80. The number of nitrogens with one attached hydrogen (secondary N) is 1. The Balaban J connectivity index is 1.71. The van der Waals surface area contributed by atoms with Crippen LogP contribution < -0.4 is 10.1 Å². The Kier molecular flexibility index (Phi) is 6.19. The zero-order valence-electron chi connectivity index (χ0n) is 15.9. The second-order valence-electron chi connectivity index (χ2n) is 6.56. The van der Waals surface area contributed by atoms with Crippen LogP contribution in [0.15, 0.2) is 36.5 Å². The minimum Gasteiger partial charge on any atom is -0.496 e. The van der Waals surface area contributed by atoms with Gasteiger partial charge in [-0.2, -0.15) is 5.26 Å². The van der Waals surface area contributed by atoms with Crippen molar-refractivity contribution in [2.75, 3.05) is 20.2 Å². The van der Waals surface area contributed by atoms with E-state index in [1.165, 1.54) is 18.2 Å². The topological polar surface area (TPSA) is 112 Å². The number of aromatic nitrogens is 1. The number of ether oxygens (including phenoxy) is 1. The van der Waals surface area contributed by atoms with E-state index in [1.807, 2.05) is 0 Å². The molecule has 8 nitrogen and oxygen atoms in total. The van der Waals surface area contributed by atoms with E-state index in [9.17, 15) is 14.4 Å². The Morgan fingerprint density at radius 1 is 1.38 bits per heavy atom. The largest absolute Gasteiger partial charge is 0.496 e. The van der Waals surface area contributed by atoms with Gasteiger partial charge in [-0.3, -0.25) is 19.4 Å². The highest BCUT2D eigenvalue weighted by Gasteiger charge is 2.28. The summed E-state index contributed by atoms with van der Waals surface area (Å²) in [4.78, 5) is 41.7. The lowest BCUT2D eigenvalue weighted by molar-refractivity contribution is -0.130. The van der Waals surface area contributed by atoms with Gasteiger partial charge in [0, 0.05) is 23.9 Å². The number of hydrogen-bond acceptors (Lipinski definition) is 6. The number of hydrogen-bond donors (Lipinski definition) is 1. The summed E-state index contributed by atoms with van der Waals surface area (Å²) in [6.07, 6.45) is 3.63. The first-order valence-electron chi connectivity index (χ1n) is 9.14. The molecule has 0 bridgehead atoms. The number of carbonyl (C=O) groups is 3.